The minimum atomic E-state index is -1.01. The van der Waals surface area contributed by atoms with Gasteiger partial charge in [-0.05, 0) is 38.5 Å². The van der Waals surface area contributed by atoms with E-state index in [1.807, 2.05) is 0 Å². The Kier molecular flexibility index (Phi) is 44.8. The molecule has 1 atom stereocenters. The zero-order valence-electron chi connectivity index (χ0n) is 37.8. The summed E-state index contributed by atoms with van der Waals surface area (Å²) in [4.78, 5) is 35.1. The summed E-state index contributed by atoms with van der Waals surface area (Å²) < 4.78 is 6.06. The lowest BCUT2D eigenvalue weighted by Crippen LogP contribution is -2.28. The van der Waals surface area contributed by atoms with Crippen molar-refractivity contribution >= 4 is 17.8 Å². The van der Waals surface area contributed by atoms with Crippen LogP contribution in [0.4, 0.5) is 0 Å². The van der Waals surface area contributed by atoms with E-state index in [4.69, 9.17) is 9.84 Å². The first-order valence-electron chi connectivity index (χ1n) is 25.2. The second-order valence-electron chi connectivity index (χ2n) is 17.4. The van der Waals surface area contributed by atoms with Crippen LogP contribution in [0.3, 0.4) is 0 Å². The van der Waals surface area contributed by atoms with E-state index < -0.39 is 5.97 Å². The van der Waals surface area contributed by atoms with Gasteiger partial charge >= 0.3 is 11.9 Å². The van der Waals surface area contributed by atoms with Gasteiger partial charge in [0.15, 0.2) is 0 Å². The smallest absolute Gasteiger partial charge is 0.322 e. The molecule has 0 bridgehead atoms. The number of carboxylic acid groups (broad SMARTS) is 1. The normalized spacial score (nSPS) is 11.9. The Morgan fingerprint density at radius 3 is 0.964 bits per heavy atom. The molecule has 0 saturated heterocycles. The average molecular weight is 792 g/mol. The molecule has 0 aromatic heterocycles. The van der Waals surface area contributed by atoms with Gasteiger partial charge in [0.25, 0.3) is 0 Å². The van der Waals surface area contributed by atoms with Crippen molar-refractivity contribution in [3.05, 3.63) is 0 Å². The first-order chi connectivity index (χ1) is 27.5. The first-order valence-corrected chi connectivity index (χ1v) is 25.2. The lowest BCUT2D eigenvalue weighted by molar-refractivity contribution is -0.150. The molecule has 56 heavy (non-hydrogen) atoms. The summed E-state index contributed by atoms with van der Waals surface area (Å²) in [6.45, 7) is 4.26. The van der Waals surface area contributed by atoms with Crippen LogP contribution in [0.25, 0.3) is 0 Å². The fraction of sp³-hybridized carbons (Fsp3) is 0.940. The SMILES string of the molecule is CCCCCCCCCCCCCCCCCCCCCCCCC(=O)OC(CCCCCCCCCCCCCC)CCCCCCCC(=O)NCC(=O)O. The zero-order chi connectivity index (χ0) is 40.8. The number of rotatable bonds is 47. The number of carboxylic acids is 1. The maximum absolute atomic E-state index is 12.8. The maximum Gasteiger partial charge on any atom is 0.322 e. The maximum atomic E-state index is 12.8. The van der Waals surface area contributed by atoms with Crippen LogP contribution in [0, 0.1) is 0 Å². The topological polar surface area (TPSA) is 92.7 Å². The molecule has 0 aromatic carbocycles. The van der Waals surface area contributed by atoms with E-state index >= 15 is 0 Å². The quantitative estimate of drug-likeness (QED) is 0.0473. The highest BCUT2D eigenvalue weighted by atomic mass is 16.5. The molecule has 0 heterocycles. The summed E-state index contributed by atoms with van der Waals surface area (Å²) >= 11 is 0. The number of unbranched alkanes of at least 4 members (excludes halogenated alkanes) is 36. The second-order valence-corrected chi connectivity index (χ2v) is 17.4. The molecule has 0 aromatic rings. The Balaban J connectivity index is 3.97. The van der Waals surface area contributed by atoms with Crippen molar-refractivity contribution in [3.8, 4) is 0 Å². The van der Waals surface area contributed by atoms with Crippen LogP contribution in [0.15, 0.2) is 0 Å². The van der Waals surface area contributed by atoms with Crippen molar-refractivity contribution in [1.29, 1.82) is 0 Å². The van der Waals surface area contributed by atoms with Gasteiger partial charge in [0.2, 0.25) is 5.91 Å². The van der Waals surface area contributed by atoms with Crippen molar-refractivity contribution in [1.82, 2.24) is 5.32 Å². The minimum absolute atomic E-state index is 0.00511. The number of carbonyl (C=O) groups is 3. The third kappa shape index (κ3) is 45.1. The molecule has 0 aliphatic rings. The minimum Gasteiger partial charge on any atom is -0.480 e. The third-order valence-electron chi connectivity index (χ3n) is 11.8. The molecule has 0 radical (unpaired) electrons. The molecule has 0 rings (SSSR count). The van der Waals surface area contributed by atoms with Crippen molar-refractivity contribution < 1.29 is 24.2 Å². The van der Waals surface area contributed by atoms with Gasteiger partial charge in [-0.15, -0.1) is 0 Å². The average Bonchev–Trinajstić information content (AvgIpc) is 3.18. The van der Waals surface area contributed by atoms with Gasteiger partial charge in [-0.3, -0.25) is 14.4 Å². The van der Waals surface area contributed by atoms with Crippen LogP contribution in [0.1, 0.15) is 290 Å². The van der Waals surface area contributed by atoms with Gasteiger partial charge in [-0.2, -0.15) is 0 Å². The molecule has 0 spiro atoms. The van der Waals surface area contributed by atoms with E-state index in [9.17, 15) is 14.4 Å². The van der Waals surface area contributed by atoms with E-state index in [2.05, 4.69) is 19.2 Å². The largest absolute Gasteiger partial charge is 0.480 e. The molecule has 0 fully saturated rings. The van der Waals surface area contributed by atoms with Crippen LogP contribution >= 0.6 is 0 Å². The van der Waals surface area contributed by atoms with E-state index in [1.165, 1.54) is 199 Å². The van der Waals surface area contributed by atoms with E-state index in [0.29, 0.717) is 12.8 Å². The Morgan fingerprint density at radius 1 is 0.393 bits per heavy atom. The molecular formula is C50H97NO5. The predicted molar refractivity (Wildman–Crippen MR) is 240 cm³/mol. The van der Waals surface area contributed by atoms with Crippen LogP contribution < -0.4 is 5.32 Å². The molecule has 0 aliphatic carbocycles. The monoisotopic (exact) mass is 792 g/mol. The molecule has 1 amide bonds. The highest BCUT2D eigenvalue weighted by molar-refractivity contribution is 5.80. The Labute approximate surface area is 349 Å². The Bertz CT molecular complexity index is 832. The molecule has 0 aliphatic heterocycles. The summed E-state index contributed by atoms with van der Waals surface area (Å²) in [5, 5.41) is 11.1. The predicted octanol–water partition coefficient (Wildman–Crippen LogP) is 15.9. The number of ether oxygens (including phenoxy) is 1. The number of hydrogen-bond donors (Lipinski definition) is 2. The Hall–Kier alpha value is -1.59. The number of hydrogen-bond acceptors (Lipinski definition) is 4. The fourth-order valence-electron chi connectivity index (χ4n) is 8.05. The van der Waals surface area contributed by atoms with Crippen molar-refractivity contribution in [2.75, 3.05) is 6.54 Å². The molecule has 1 unspecified atom stereocenters. The van der Waals surface area contributed by atoms with E-state index in [-0.39, 0.29) is 24.5 Å². The highest BCUT2D eigenvalue weighted by Gasteiger charge is 2.14. The number of aliphatic carboxylic acids is 1. The van der Waals surface area contributed by atoms with Gasteiger partial charge in [0.1, 0.15) is 12.6 Å². The highest BCUT2D eigenvalue weighted by Crippen LogP contribution is 2.20. The number of esters is 1. The lowest BCUT2D eigenvalue weighted by Gasteiger charge is -2.18. The zero-order valence-corrected chi connectivity index (χ0v) is 37.8. The molecule has 332 valence electrons. The molecule has 6 nitrogen and oxygen atoms in total. The second kappa shape index (κ2) is 46.1. The number of carbonyl (C=O) groups excluding carboxylic acids is 2. The molecule has 6 heteroatoms. The van der Waals surface area contributed by atoms with Crippen LogP contribution in [0.2, 0.25) is 0 Å². The molecule has 0 saturated carbocycles. The van der Waals surface area contributed by atoms with Gasteiger partial charge in [0.05, 0.1) is 0 Å². The number of nitrogens with one attached hydrogen (secondary N) is 1. The van der Waals surface area contributed by atoms with Crippen molar-refractivity contribution in [2.45, 2.75) is 296 Å². The molecule has 2 N–H and O–H groups in total. The number of amides is 1. The summed E-state index contributed by atoms with van der Waals surface area (Å²) in [6.07, 6.45) is 53.9. The van der Waals surface area contributed by atoms with E-state index in [1.54, 1.807) is 0 Å². The van der Waals surface area contributed by atoms with E-state index in [0.717, 1.165) is 64.2 Å². The van der Waals surface area contributed by atoms with Crippen molar-refractivity contribution in [3.63, 3.8) is 0 Å². The van der Waals surface area contributed by atoms with Gasteiger partial charge in [-0.25, -0.2) is 0 Å². The first kappa shape index (κ1) is 54.4. The van der Waals surface area contributed by atoms with Crippen LogP contribution in [-0.4, -0.2) is 35.6 Å². The summed E-state index contributed by atoms with van der Waals surface area (Å²) in [5.41, 5.74) is 0. The summed E-state index contributed by atoms with van der Waals surface area (Å²) in [6, 6.07) is 0. The van der Waals surface area contributed by atoms with Gasteiger partial charge in [-0.1, -0.05) is 239 Å². The summed E-state index contributed by atoms with van der Waals surface area (Å²) in [5.74, 6) is -1.20. The van der Waals surface area contributed by atoms with Crippen LogP contribution in [-0.2, 0) is 19.1 Å². The third-order valence-corrected chi connectivity index (χ3v) is 11.8. The summed E-state index contributed by atoms with van der Waals surface area (Å²) in [7, 11) is 0. The Morgan fingerprint density at radius 2 is 0.661 bits per heavy atom. The standard InChI is InChI=1S/C50H97NO5/c1-3-5-7-9-11-13-15-17-18-19-20-21-22-23-24-25-26-28-30-32-37-41-45-50(55)56-47(42-38-34-31-29-27-16-14-12-10-8-6-4-2)43-39-35-33-36-40-44-48(52)51-46-49(53)54/h47H,3-46H2,1-2H3,(H,51,52)(H,53,54). The van der Waals surface area contributed by atoms with Gasteiger partial charge in [0, 0.05) is 12.8 Å². The van der Waals surface area contributed by atoms with Crippen molar-refractivity contribution in [2.24, 2.45) is 0 Å². The van der Waals surface area contributed by atoms with Crippen LogP contribution in [0.5, 0.6) is 0 Å². The lowest BCUT2D eigenvalue weighted by atomic mass is 10.0. The molecular weight excluding hydrogens is 695 g/mol. The van der Waals surface area contributed by atoms with Gasteiger partial charge < -0.3 is 15.2 Å². The fourth-order valence-corrected chi connectivity index (χ4v) is 8.05.